The van der Waals surface area contributed by atoms with Crippen LogP contribution in [0.25, 0.3) is 0 Å². The predicted molar refractivity (Wildman–Crippen MR) is 107 cm³/mol. The molecule has 1 aromatic rings. The van der Waals surface area contributed by atoms with Crippen molar-refractivity contribution in [2.45, 2.75) is 19.8 Å². The fourth-order valence-corrected chi connectivity index (χ4v) is 3.44. The lowest BCUT2D eigenvalue weighted by Crippen LogP contribution is -2.35. The molecule has 1 aliphatic rings. The number of ether oxygens (including phenoxy) is 3. The average Bonchev–Trinajstić information content (AvgIpc) is 2.67. The Morgan fingerprint density at radius 1 is 1.18 bits per heavy atom. The van der Waals surface area contributed by atoms with Crippen LogP contribution < -0.4 is 5.32 Å². The van der Waals surface area contributed by atoms with Crippen molar-refractivity contribution >= 4 is 35.1 Å². The van der Waals surface area contributed by atoms with E-state index in [2.05, 4.69) is 5.32 Å². The number of benzene rings is 1. The Bertz CT molecular complexity index is 804. The normalized spacial score (nSPS) is 16.7. The predicted octanol–water partition coefficient (Wildman–Crippen LogP) is 3.55. The third-order valence-electron chi connectivity index (χ3n) is 4.23. The number of carbonyl (C=O) groups excluding carboxylic acids is 2. The van der Waals surface area contributed by atoms with E-state index in [9.17, 15) is 9.59 Å². The topological polar surface area (TPSA) is 73.9 Å². The lowest BCUT2D eigenvalue weighted by atomic mass is 9.80. The molecule has 1 aliphatic heterocycles. The lowest BCUT2D eigenvalue weighted by molar-refractivity contribution is -0.139. The molecule has 6 nitrogen and oxygen atoms in total. The van der Waals surface area contributed by atoms with Gasteiger partial charge in [-0.1, -0.05) is 29.8 Å². The Morgan fingerprint density at radius 3 is 2.50 bits per heavy atom. The van der Waals surface area contributed by atoms with Gasteiger partial charge in [-0.2, -0.15) is 0 Å². The molecule has 0 aromatic heterocycles. The standard InChI is InChI=1S/C20H23Cl2NO5/c1-4-28-20(25)18-15(11-27-10-9-21)23-12(2)16(19(24)26-3)17(18)13-7-5-6-8-14(13)22/h5-8,17,23H,4,9-11H2,1-3H3. The number of esters is 2. The minimum absolute atomic E-state index is 0.105. The van der Waals surface area contributed by atoms with Crippen LogP contribution in [0.5, 0.6) is 0 Å². The van der Waals surface area contributed by atoms with Crippen LogP contribution in [0.2, 0.25) is 5.02 Å². The number of hydrogen-bond acceptors (Lipinski definition) is 6. The van der Waals surface area contributed by atoms with Gasteiger partial charge >= 0.3 is 11.9 Å². The first kappa shape index (κ1) is 22.3. The second-order valence-electron chi connectivity index (χ2n) is 5.96. The number of halogens is 2. The molecular formula is C20H23Cl2NO5. The molecule has 0 aliphatic carbocycles. The van der Waals surface area contributed by atoms with E-state index in [1.54, 1.807) is 38.1 Å². The molecule has 1 unspecified atom stereocenters. The van der Waals surface area contributed by atoms with Crippen LogP contribution >= 0.6 is 23.2 Å². The van der Waals surface area contributed by atoms with Crippen molar-refractivity contribution in [3.8, 4) is 0 Å². The smallest absolute Gasteiger partial charge is 0.336 e. The van der Waals surface area contributed by atoms with Gasteiger partial charge in [0.05, 0.1) is 49.7 Å². The van der Waals surface area contributed by atoms with Crippen LogP contribution in [-0.4, -0.2) is 44.7 Å². The summed E-state index contributed by atoms with van der Waals surface area (Å²) in [5.74, 6) is -1.55. The van der Waals surface area contributed by atoms with E-state index in [1.807, 2.05) is 0 Å². The molecule has 2 rings (SSSR count). The summed E-state index contributed by atoms with van der Waals surface area (Å²) in [6.07, 6.45) is 0. The zero-order valence-electron chi connectivity index (χ0n) is 16.0. The quantitative estimate of drug-likeness (QED) is 0.388. The Hall–Kier alpha value is -2.02. The zero-order valence-corrected chi connectivity index (χ0v) is 17.5. The maximum absolute atomic E-state index is 12.9. The molecule has 1 heterocycles. The maximum atomic E-state index is 12.9. The summed E-state index contributed by atoms with van der Waals surface area (Å²) in [7, 11) is 1.29. The highest BCUT2D eigenvalue weighted by Crippen LogP contribution is 2.41. The number of allylic oxidation sites excluding steroid dienone is 1. The fraction of sp³-hybridized carbons (Fsp3) is 0.400. The van der Waals surface area contributed by atoms with E-state index in [-0.39, 0.29) is 18.8 Å². The van der Waals surface area contributed by atoms with Gasteiger partial charge < -0.3 is 19.5 Å². The summed E-state index contributed by atoms with van der Waals surface area (Å²) in [6.45, 7) is 4.05. The van der Waals surface area contributed by atoms with Gasteiger partial charge in [-0.15, -0.1) is 11.6 Å². The van der Waals surface area contributed by atoms with Gasteiger partial charge in [-0.05, 0) is 25.5 Å². The van der Waals surface area contributed by atoms with E-state index in [1.165, 1.54) is 7.11 Å². The second-order valence-corrected chi connectivity index (χ2v) is 6.75. The van der Waals surface area contributed by atoms with Crippen molar-refractivity contribution < 1.29 is 23.8 Å². The number of dihydropyridines is 1. The highest BCUT2D eigenvalue weighted by atomic mass is 35.5. The highest BCUT2D eigenvalue weighted by Gasteiger charge is 2.39. The zero-order chi connectivity index (χ0) is 20.7. The third kappa shape index (κ3) is 4.87. The van der Waals surface area contributed by atoms with Gasteiger partial charge in [0.1, 0.15) is 0 Å². The van der Waals surface area contributed by atoms with Gasteiger partial charge in [-0.3, -0.25) is 0 Å². The first-order chi connectivity index (χ1) is 13.5. The molecule has 1 N–H and O–H groups in total. The molecule has 0 spiro atoms. The van der Waals surface area contributed by atoms with Crippen LogP contribution in [-0.2, 0) is 23.8 Å². The van der Waals surface area contributed by atoms with Crippen LogP contribution in [0.15, 0.2) is 46.8 Å². The minimum Gasteiger partial charge on any atom is -0.466 e. The number of alkyl halides is 1. The first-order valence-electron chi connectivity index (χ1n) is 8.80. The molecule has 28 heavy (non-hydrogen) atoms. The fourth-order valence-electron chi connectivity index (χ4n) is 3.09. The molecule has 1 aromatic carbocycles. The number of carbonyl (C=O) groups is 2. The van der Waals surface area contributed by atoms with Crippen molar-refractivity contribution in [1.29, 1.82) is 0 Å². The van der Waals surface area contributed by atoms with Crippen LogP contribution in [0, 0.1) is 0 Å². The van der Waals surface area contributed by atoms with Crippen LogP contribution in [0.3, 0.4) is 0 Å². The van der Waals surface area contributed by atoms with Crippen LogP contribution in [0.1, 0.15) is 25.3 Å². The summed E-state index contributed by atoms with van der Waals surface area (Å²) in [6, 6.07) is 7.04. The van der Waals surface area contributed by atoms with Crippen molar-refractivity contribution in [2.75, 3.05) is 32.8 Å². The van der Waals surface area contributed by atoms with E-state index in [0.717, 1.165) is 0 Å². The molecular weight excluding hydrogens is 405 g/mol. The monoisotopic (exact) mass is 427 g/mol. The summed E-state index contributed by atoms with van der Waals surface area (Å²) in [5.41, 5.74) is 2.20. The molecule has 0 saturated carbocycles. The Labute approximate surface area is 174 Å². The number of hydrogen-bond donors (Lipinski definition) is 1. The molecule has 0 radical (unpaired) electrons. The number of nitrogens with one attached hydrogen (secondary N) is 1. The first-order valence-corrected chi connectivity index (χ1v) is 9.71. The molecule has 0 saturated heterocycles. The van der Waals surface area contributed by atoms with Gasteiger partial charge in [0.15, 0.2) is 0 Å². The molecule has 1 atom stereocenters. The lowest BCUT2D eigenvalue weighted by Gasteiger charge is -2.31. The SMILES string of the molecule is CCOC(=O)C1=C(COCCCl)NC(C)=C(C(=O)OC)C1c1ccccc1Cl. The third-order valence-corrected chi connectivity index (χ3v) is 4.73. The minimum atomic E-state index is -0.754. The van der Waals surface area contributed by atoms with E-state index in [4.69, 9.17) is 37.4 Å². The van der Waals surface area contributed by atoms with Crippen molar-refractivity contribution in [3.63, 3.8) is 0 Å². The van der Waals surface area contributed by atoms with Gasteiger partial charge in [-0.25, -0.2) is 9.59 Å². The van der Waals surface area contributed by atoms with Gasteiger partial charge in [0.25, 0.3) is 0 Å². The summed E-state index contributed by atoms with van der Waals surface area (Å²) in [4.78, 5) is 25.5. The van der Waals surface area contributed by atoms with E-state index < -0.39 is 17.9 Å². The highest BCUT2D eigenvalue weighted by molar-refractivity contribution is 6.31. The van der Waals surface area contributed by atoms with E-state index >= 15 is 0 Å². The molecule has 0 bridgehead atoms. The van der Waals surface area contributed by atoms with Crippen molar-refractivity contribution in [3.05, 3.63) is 57.4 Å². The van der Waals surface area contributed by atoms with Crippen LogP contribution in [0.4, 0.5) is 0 Å². The summed E-state index contributed by atoms with van der Waals surface area (Å²) >= 11 is 12.1. The molecule has 152 valence electrons. The Balaban J connectivity index is 2.67. The van der Waals surface area contributed by atoms with Gasteiger partial charge in [0, 0.05) is 16.6 Å². The largest absolute Gasteiger partial charge is 0.466 e. The van der Waals surface area contributed by atoms with E-state index in [0.29, 0.717) is 40.0 Å². The van der Waals surface area contributed by atoms with Crippen molar-refractivity contribution in [2.24, 2.45) is 0 Å². The Morgan fingerprint density at radius 2 is 1.89 bits per heavy atom. The molecule has 0 fully saturated rings. The number of rotatable bonds is 8. The molecule has 8 heteroatoms. The Kier molecular flexibility index (Phi) is 8.35. The summed E-state index contributed by atoms with van der Waals surface area (Å²) in [5, 5.41) is 3.52. The summed E-state index contributed by atoms with van der Waals surface area (Å²) < 4.78 is 15.8. The molecule has 0 amide bonds. The number of methoxy groups -OCH3 is 1. The average molecular weight is 428 g/mol. The van der Waals surface area contributed by atoms with Crippen molar-refractivity contribution in [1.82, 2.24) is 5.32 Å². The maximum Gasteiger partial charge on any atom is 0.336 e. The van der Waals surface area contributed by atoms with Gasteiger partial charge in [0.2, 0.25) is 0 Å². The second kappa shape index (κ2) is 10.5.